The lowest BCUT2D eigenvalue weighted by molar-refractivity contribution is -0.116. The zero-order chi connectivity index (χ0) is 17.1. The minimum absolute atomic E-state index is 0.0902. The minimum Gasteiger partial charge on any atom is -0.311 e. The molecule has 0 unspecified atom stereocenters. The number of nitrogens with one attached hydrogen (secondary N) is 1. The van der Waals surface area contributed by atoms with Crippen LogP contribution < -0.4 is 4.90 Å². The summed E-state index contributed by atoms with van der Waals surface area (Å²) in [6.07, 6.45) is 5.45. The first-order valence-corrected chi connectivity index (χ1v) is 9.14. The quantitative estimate of drug-likeness (QED) is 0.732. The summed E-state index contributed by atoms with van der Waals surface area (Å²) in [6.45, 7) is 0.771. The number of anilines is 1. The van der Waals surface area contributed by atoms with Gasteiger partial charge in [-0.15, -0.1) is 5.10 Å². The molecule has 126 valence electrons. The number of aromatic nitrogens is 4. The SMILES string of the molecule is O=C(CSc1n[nH]c(-c2ccncc2)n1)N1CCCc2ccccc21. The molecule has 1 aliphatic heterocycles. The van der Waals surface area contributed by atoms with Crippen LogP contribution in [0.4, 0.5) is 5.69 Å². The van der Waals surface area contributed by atoms with E-state index in [1.54, 1.807) is 12.4 Å². The lowest BCUT2D eigenvalue weighted by Gasteiger charge is -2.29. The third-order valence-corrected chi connectivity index (χ3v) is 4.99. The van der Waals surface area contributed by atoms with Crippen LogP contribution in [0.3, 0.4) is 0 Å². The first-order chi connectivity index (χ1) is 12.3. The Labute approximate surface area is 149 Å². The van der Waals surface area contributed by atoms with Gasteiger partial charge in [0.15, 0.2) is 5.82 Å². The number of H-pyrrole nitrogens is 1. The van der Waals surface area contributed by atoms with Crippen LogP contribution in [0.25, 0.3) is 11.4 Å². The van der Waals surface area contributed by atoms with Crippen molar-refractivity contribution in [3.63, 3.8) is 0 Å². The van der Waals surface area contributed by atoms with Gasteiger partial charge in [-0.2, -0.15) is 0 Å². The van der Waals surface area contributed by atoms with Crippen molar-refractivity contribution < 1.29 is 4.79 Å². The maximum atomic E-state index is 12.6. The molecular weight excluding hydrogens is 334 g/mol. The number of rotatable bonds is 4. The molecule has 1 N–H and O–H groups in total. The molecule has 4 rings (SSSR count). The lowest BCUT2D eigenvalue weighted by atomic mass is 10.0. The largest absolute Gasteiger partial charge is 0.311 e. The smallest absolute Gasteiger partial charge is 0.237 e. The monoisotopic (exact) mass is 351 g/mol. The molecule has 1 amide bonds. The van der Waals surface area contributed by atoms with E-state index in [-0.39, 0.29) is 5.91 Å². The number of amides is 1. The van der Waals surface area contributed by atoms with E-state index < -0.39 is 0 Å². The molecule has 0 spiro atoms. The van der Waals surface area contributed by atoms with Gasteiger partial charge in [-0.05, 0) is 36.6 Å². The molecule has 1 aliphatic rings. The van der Waals surface area contributed by atoms with Gasteiger partial charge >= 0.3 is 0 Å². The van der Waals surface area contributed by atoms with E-state index in [2.05, 4.69) is 26.2 Å². The number of para-hydroxylation sites is 1. The number of hydrogen-bond acceptors (Lipinski definition) is 5. The van der Waals surface area contributed by atoms with Gasteiger partial charge in [0.05, 0.1) is 5.75 Å². The zero-order valence-electron chi connectivity index (χ0n) is 13.6. The molecule has 0 saturated carbocycles. The molecule has 1 aromatic carbocycles. The normalized spacial score (nSPS) is 13.5. The first kappa shape index (κ1) is 15.8. The highest BCUT2D eigenvalue weighted by Crippen LogP contribution is 2.28. The molecular formula is C18H17N5OS. The van der Waals surface area contributed by atoms with Crippen molar-refractivity contribution in [3.05, 3.63) is 54.4 Å². The fraction of sp³-hybridized carbons (Fsp3) is 0.222. The second-order valence-electron chi connectivity index (χ2n) is 5.77. The molecule has 7 heteroatoms. The number of pyridine rings is 1. The van der Waals surface area contributed by atoms with Gasteiger partial charge < -0.3 is 4.90 Å². The summed E-state index contributed by atoms with van der Waals surface area (Å²) in [5.41, 5.74) is 3.20. The van der Waals surface area contributed by atoms with Gasteiger partial charge in [-0.1, -0.05) is 30.0 Å². The third-order valence-electron chi connectivity index (χ3n) is 4.15. The van der Waals surface area contributed by atoms with Crippen molar-refractivity contribution in [1.29, 1.82) is 0 Å². The van der Waals surface area contributed by atoms with Gasteiger partial charge in [-0.3, -0.25) is 14.9 Å². The van der Waals surface area contributed by atoms with Crippen LogP contribution in [0.5, 0.6) is 0 Å². The van der Waals surface area contributed by atoms with Crippen molar-refractivity contribution in [2.24, 2.45) is 0 Å². The van der Waals surface area contributed by atoms with E-state index in [0.29, 0.717) is 16.7 Å². The van der Waals surface area contributed by atoms with Crippen LogP contribution in [0.15, 0.2) is 53.9 Å². The molecule has 3 aromatic rings. The fourth-order valence-electron chi connectivity index (χ4n) is 2.95. The van der Waals surface area contributed by atoms with E-state index in [9.17, 15) is 4.79 Å². The van der Waals surface area contributed by atoms with Crippen LogP contribution >= 0.6 is 11.8 Å². The summed E-state index contributed by atoms with van der Waals surface area (Å²) in [5.74, 6) is 1.09. The number of aryl methyl sites for hydroxylation is 1. The predicted octanol–water partition coefficient (Wildman–Crippen LogP) is 2.94. The highest BCUT2D eigenvalue weighted by molar-refractivity contribution is 7.99. The van der Waals surface area contributed by atoms with Crippen molar-refractivity contribution >= 4 is 23.4 Å². The minimum atomic E-state index is 0.0902. The maximum Gasteiger partial charge on any atom is 0.237 e. The summed E-state index contributed by atoms with van der Waals surface area (Å²) >= 11 is 1.35. The number of thioether (sulfide) groups is 1. The highest BCUT2D eigenvalue weighted by atomic mass is 32.2. The van der Waals surface area contributed by atoms with E-state index in [1.165, 1.54) is 17.3 Å². The molecule has 0 aliphatic carbocycles. The summed E-state index contributed by atoms with van der Waals surface area (Å²) < 4.78 is 0. The van der Waals surface area contributed by atoms with Crippen LogP contribution in [0.1, 0.15) is 12.0 Å². The Morgan fingerprint density at radius 2 is 2.04 bits per heavy atom. The first-order valence-electron chi connectivity index (χ1n) is 8.15. The molecule has 2 aromatic heterocycles. The van der Waals surface area contributed by atoms with Gasteiger partial charge in [-0.25, -0.2) is 4.98 Å². The molecule has 0 atom stereocenters. The Balaban J connectivity index is 1.42. The molecule has 0 bridgehead atoms. The Morgan fingerprint density at radius 1 is 1.20 bits per heavy atom. The van der Waals surface area contributed by atoms with Crippen molar-refractivity contribution in [3.8, 4) is 11.4 Å². The number of carbonyl (C=O) groups is 1. The predicted molar refractivity (Wildman–Crippen MR) is 97.5 cm³/mol. The molecule has 0 fully saturated rings. The average Bonchev–Trinajstić information content (AvgIpc) is 3.15. The summed E-state index contributed by atoms with van der Waals surface area (Å²) in [6, 6.07) is 11.8. The standard InChI is InChI=1S/C18H17N5OS/c24-16(23-11-3-5-13-4-1-2-6-15(13)23)12-25-18-20-17(21-22-18)14-7-9-19-10-8-14/h1-2,4,6-10H,3,5,11-12H2,(H,20,21,22). The van der Waals surface area contributed by atoms with Crippen molar-refractivity contribution in [2.45, 2.75) is 18.0 Å². The summed E-state index contributed by atoms with van der Waals surface area (Å²) in [7, 11) is 0. The third kappa shape index (κ3) is 3.41. The number of nitrogens with zero attached hydrogens (tertiary/aromatic N) is 4. The summed E-state index contributed by atoms with van der Waals surface area (Å²) in [5, 5.41) is 7.67. The summed E-state index contributed by atoms with van der Waals surface area (Å²) in [4.78, 5) is 22.9. The van der Waals surface area contributed by atoms with Crippen LogP contribution in [-0.2, 0) is 11.2 Å². The maximum absolute atomic E-state index is 12.6. The lowest BCUT2D eigenvalue weighted by Crippen LogP contribution is -2.36. The molecule has 25 heavy (non-hydrogen) atoms. The topological polar surface area (TPSA) is 74.8 Å². The number of fused-ring (bicyclic) bond motifs is 1. The van der Waals surface area contributed by atoms with E-state index in [1.807, 2.05) is 35.2 Å². The van der Waals surface area contributed by atoms with Crippen LogP contribution in [0.2, 0.25) is 0 Å². The number of benzene rings is 1. The molecule has 0 saturated heterocycles. The Morgan fingerprint density at radius 3 is 2.92 bits per heavy atom. The average molecular weight is 351 g/mol. The molecule has 0 radical (unpaired) electrons. The number of aromatic amines is 1. The van der Waals surface area contributed by atoms with E-state index in [4.69, 9.17) is 0 Å². The second kappa shape index (κ2) is 7.06. The number of hydrogen-bond donors (Lipinski definition) is 1. The van der Waals surface area contributed by atoms with Gasteiger partial charge in [0.25, 0.3) is 0 Å². The fourth-order valence-corrected chi connectivity index (χ4v) is 3.62. The van der Waals surface area contributed by atoms with Crippen LogP contribution in [-0.4, -0.2) is 38.4 Å². The zero-order valence-corrected chi connectivity index (χ0v) is 14.4. The van der Waals surface area contributed by atoms with Gasteiger partial charge in [0, 0.05) is 30.2 Å². The Hall–Kier alpha value is -2.67. The van der Waals surface area contributed by atoms with E-state index >= 15 is 0 Å². The Bertz CT molecular complexity index is 880. The van der Waals surface area contributed by atoms with Crippen molar-refractivity contribution in [2.75, 3.05) is 17.2 Å². The van der Waals surface area contributed by atoms with Crippen LogP contribution in [0, 0.1) is 0 Å². The highest BCUT2D eigenvalue weighted by Gasteiger charge is 2.22. The van der Waals surface area contributed by atoms with Crippen molar-refractivity contribution in [1.82, 2.24) is 20.2 Å². The molecule has 3 heterocycles. The van der Waals surface area contributed by atoms with Gasteiger partial charge in [0.1, 0.15) is 0 Å². The Kier molecular flexibility index (Phi) is 4.47. The molecule has 6 nitrogen and oxygen atoms in total. The number of carbonyl (C=O) groups excluding carboxylic acids is 1. The van der Waals surface area contributed by atoms with Gasteiger partial charge in [0.2, 0.25) is 11.1 Å². The van der Waals surface area contributed by atoms with E-state index in [0.717, 1.165) is 30.6 Å². The second-order valence-corrected chi connectivity index (χ2v) is 6.71.